The van der Waals surface area contributed by atoms with E-state index in [-0.39, 0.29) is 11.7 Å². The molecule has 0 bridgehead atoms. The van der Waals surface area contributed by atoms with E-state index in [2.05, 4.69) is 0 Å². The molecular weight excluding hydrogens is 333 g/mol. The van der Waals surface area contributed by atoms with Crippen LogP contribution < -0.4 is 9.47 Å². The molecule has 0 saturated heterocycles. The first kappa shape index (κ1) is 16.9. The molecule has 0 unspecified atom stereocenters. The molecule has 0 N–H and O–H groups in total. The third kappa shape index (κ3) is 2.62. The van der Waals surface area contributed by atoms with Gasteiger partial charge in [-0.15, -0.1) is 0 Å². The number of carbonyl (C=O) groups is 1. The maximum absolute atomic E-state index is 14.3. The smallest absolute Gasteiger partial charge is 0.233 e. The number of methoxy groups -OCH3 is 2. The van der Waals surface area contributed by atoms with Gasteiger partial charge in [-0.1, -0.05) is 18.2 Å². The summed E-state index contributed by atoms with van der Waals surface area (Å²) in [5.74, 6) is 1.11. The van der Waals surface area contributed by atoms with Crippen LogP contribution in [0, 0.1) is 5.82 Å². The van der Waals surface area contributed by atoms with Crippen LogP contribution in [0.2, 0.25) is 0 Å². The zero-order valence-corrected chi connectivity index (χ0v) is 15.0. The molecule has 26 heavy (non-hydrogen) atoms. The molecule has 2 aromatic carbocycles. The number of rotatable bonds is 4. The molecular formula is C21H22FNO3. The van der Waals surface area contributed by atoms with Gasteiger partial charge in [0.05, 0.1) is 19.6 Å². The van der Waals surface area contributed by atoms with Crippen LogP contribution in [-0.2, 0) is 23.2 Å². The van der Waals surface area contributed by atoms with Crippen LogP contribution in [0.4, 0.5) is 4.39 Å². The minimum absolute atomic E-state index is 0.0306. The minimum Gasteiger partial charge on any atom is -0.493 e. The van der Waals surface area contributed by atoms with Crippen molar-refractivity contribution in [1.29, 1.82) is 0 Å². The largest absolute Gasteiger partial charge is 0.493 e. The Morgan fingerprint density at radius 3 is 2.35 bits per heavy atom. The van der Waals surface area contributed by atoms with Crippen LogP contribution in [0.5, 0.6) is 11.5 Å². The lowest BCUT2D eigenvalue weighted by Crippen LogP contribution is -2.42. The Labute approximate surface area is 152 Å². The molecule has 2 aromatic rings. The molecule has 136 valence electrons. The molecule has 0 radical (unpaired) electrons. The van der Waals surface area contributed by atoms with Gasteiger partial charge in [0.15, 0.2) is 11.5 Å². The van der Waals surface area contributed by atoms with Gasteiger partial charge in [-0.3, -0.25) is 4.79 Å². The summed E-state index contributed by atoms with van der Waals surface area (Å²) in [5, 5.41) is 0. The summed E-state index contributed by atoms with van der Waals surface area (Å²) in [5.41, 5.74) is 2.08. The second-order valence-electron chi connectivity index (χ2n) is 7.01. The van der Waals surface area contributed by atoms with Crippen LogP contribution in [0.3, 0.4) is 0 Å². The highest BCUT2D eigenvalue weighted by atomic mass is 19.1. The lowest BCUT2D eigenvalue weighted by Gasteiger charge is -2.32. The van der Waals surface area contributed by atoms with Crippen molar-refractivity contribution in [2.75, 3.05) is 20.8 Å². The highest BCUT2D eigenvalue weighted by Crippen LogP contribution is 2.51. The van der Waals surface area contributed by atoms with E-state index in [1.54, 1.807) is 32.4 Å². The van der Waals surface area contributed by atoms with Crippen molar-refractivity contribution in [3.63, 3.8) is 0 Å². The number of amides is 1. The van der Waals surface area contributed by atoms with E-state index in [1.165, 1.54) is 11.6 Å². The summed E-state index contributed by atoms with van der Waals surface area (Å²) in [7, 11) is 3.22. The topological polar surface area (TPSA) is 38.8 Å². The first-order valence-corrected chi connectivity index (χ1v) is 8.87. The van der Waals surface area contributed by atoms with Crippen molar-refractivity contribution in [1.82, 2.24) is 4.90 Å². The van der Waals surface area contributed by atoms with Gasteiger partial charge in [0.2, 0.25) is 5.91 Å². The first-order valence-electron chi connectivity index (χ1n) is 8.87. The Kier molecular flexibility index (Phi) is 4.10. The van der Waals surface area contributed by atoms with Crippen LogP contribution in [0.25, 0.3) is 0 Å². The summed E-state index contributed by atoms with van der Waals surface area (Å²) in [4.78, 5) is 15.1. The summed E-state index contributed by atoms with van der Waals surface area (Å²) in [6.45, 7) is 1.16. The molecule has 0 spiro atoms. The Balaban J connectivity index is 1.61. The molecule has 5 heteroatoms. The standard InChI is InChI=1S/C21H22FNO3/c1-25-18-11-14-7-10-23(13-15(14)12-19(18)26-2)20(24)21(8-9-21)16-5-3-4-6-17(16)22/h3-6,11-12H,7-10,13H2,1-2H3. The van der Waals surface area contributed by atoms with E-state index in [0.717, 1.165) is 12.0 Å². The average Bonchev–Trinajstić information content (AvgIpc) is 3.48. The van der Waals surface area contributed by atoms with E-state index < -0.39 is 5.41 Å². The summed E-state index contributed by atoms with van der Waals surface area (Å²) >= 11 is 0. The zero-order chi connectivity index (χ0) is 18.3. The van der Waals surface area contributed by atoms with Gasteiger partial charge in [-0.2, -0.15) is 0 Å². The van der Waals surface area contributed by atoms with E-state index >= 15 is 0 Å². The second-order valence-corrected chi connectivity index (χ2v) is 7.01. The van der Waals surface area contributed by atoms with Gasteiger partial charge >= 0.3 is 0 Å². The molecule has 1 amide bonds. The van der Waals surface area contributed by atoms with E-state index in [4.69, 9.17) is 9.47 Å². The number of ether oxygens (including phenoxy) is 2. The van der Waals surface area contributed by atoms with E-state index in [9.17, 15) is 9.18 Å². The quantitative estimate of drug-likeness (QED) is 0.843. The van der Waals surface area contributed by atoms with Crippen molar-refractivity contribution >= 4 is 5.91 Å². The highest BCUT2D eigenvalue weighted by molar-refractivity contribution is 5.91. The van der Waals surface area contributed by atoms with Crippen molar-refractivity contribution in [3.8, 4) is 11.5 Å². The van der Waals surface area contributed by atoms with Crippen molar-refractivity contribution in [2.24, 2.45) is 0 Å². The van der Waals surface area contributed by atoms with Crippen molar-refractivity contribution in [2.45, 2.75) is 31.2 Å². The lowest BCUT2D eigenvalue weighted by molar-refractivity contribution is -0.135. The van der Waals surface area contributed by atoms with Crippen molar-refractivity contribution < 1.29 is 18.7 Å². The van der Waals surface area contributed by atoms with Gasteiger partial charge in [0, 0.05) is 18.7 Å². The maximum atomic E-state index is 14.3. The fourth-order valence-corrected chi connectivity index (χ4v) is 3.93. The number of benzene rings is 2. The number of nitrogens with zero attached hydrogens (tertiary/aromatic N) is 1. The van der Waals surface area contributed by atoms with Gasteiger partial charge in [-0.25, -0.2) is 4.39 Å². The Morgan fingerprint density at radius 1 is 1.08 bits per heavy atom. The SMILES string of the molecule is COc1cc2c(cc1OC)CN(C(=O)C1(c3ccccc3F)CC1)CC2. The second kappa shape index (κ2) is 6.31. The van der Waals surface area contributed by atoms with Crippen LogP contribution in [0.1, 0.15) is 29.5 Å². The molecule has 1 fully saturated rings. The van der Waals surface area contributed by atoms with E-state index in [0.29, 0.717) is 43.0 Å². The van der Waals surface area contributed by atoms with E-state index in [1.807, 2.05) is 17.0 Å². The van der Waals surface area contributed by atoms with Crippen LogP contribution in [-0.4, -0.2) is 31.6 Å². The Bertz CT molecular complexity index is 860. The maximum Gasteiger partial charge on any atom is 0.233 e. The number of fused-ring (bicyclic) bond motifs is 1. The zero-order valence-electron chi connectivity index (χ0n) is 15.0. The number of carbonyl (C=O) groups excluding carboxylic acids is 1. The summed E-state index contributed by atoms with van der Waals surface area (Å²) in [6.07, 6.45) is 2.18. The molecule has 1 aliphatic heterocycles. The molecule has 1 aliphatic carbocycles. The summed E-state index contributed by atoms with van der Waals surface area (Å²) in [6, 6.07) is 10.6. The molecule has 2 aliphatic rings. The van der Waals surface area contributed by atoms with Crippen molar-refractivity contribution in [3.05, 3.63) is 58.9 Å². The van der Waals surface area contributed by atoms with Gasteiger partial charge < -0.3 is 14.4 Å². The van der Waals surface area contributed by atoms with Crippen LogP contribution >= 0.6 is 0 Å². The third-order valence-electron chi connectivity index (χ3n) is 5.55. The predicted octanol–water partition coefficient (Wildman–Crippen LogP) is 3.46. The lowest BCUT2D eigenvalue weighted by atomic mass is 9.91. The molecule has 1 heterocycles. The predicted molar refractivity (Wildman–Crippen MR) is 96.0 cm³/mol. The molecule has 4 rings (SSSR count). The molecule has 0 aromatic heterocycles. The number of halogens is 1. The Hall–Kier alpha value is -2.56. The van der Waals surface area contributed by atoms with Gasteiger partial charge in [0.25, 0.3) is 0 Å². The normalized spacial score (nSPS) is 17.4. The average molecular weight is 355 g/mol. The summed E-state index contributed by atoms with van der Waals surface area (Å²) < 4.78 is 25.0. The first-order chi connectivity index (χ1) is 12.6. The fourth-order valence-electron chi connectivity index (χ4n) is 3.93. The third-order valence-corrected chi connectivity index (χ3v) is 5.55. The number of hydrogen-bond acceptors (Lipinski definition) is 3. The van der Waals surface area contributed by atoms with Gasteiger partial charge in [0.1, 0.15) is 5.82 Å². The number of hydrogen-bond donors (Lipinski definition) is 0. The molecule has 1 saturated carbocycles. The Morgan fingerprint density at radius 2 is 1.73 bits per heavy atom. The highest BCUT2D eigenvalue weighted by Gasteiger charge is 2.54. The van der Waals surface area contributed by atoms with Crippen LogP contribution in [0.15, 0.2) is 36.4 Å². The fraction of sp³-hybridized carbons (Fsp3) is 0.381. The molecule has 0 atom stereocenters. The monoisotopic (exact) mass is 355 g/mol. The molecule has 4 nitrogen and oxygen atoms in total. The van der Waals surface area contributed by atoms with Gasteiger partial charge in [-0.05, 0) is 48.6 Å². The minimum atomic E-state index is -0.681.